The van der Waals surface area contributed by atoms with E-state index < -0.39 is 0 Å². The van der Waals surface area contributed by atoms with E-state index in [1.165, 1.54) is 6.92 Å². The van der Waals surface area contributed by atoms with Gasteiger partial charge in [0.15, 0.2) is 0 Å². The van der Waals surface area contributed by atoms with Crippen LogP contribution in [-0.4, -0.2) is 11.7 Å². The summed E-state index contributed by atoms with van der Waals surface area (Å²) in [6, 6.07) is 7.42. The molecule has 0 saturated heterocycles. The van der Waals surface area contributed by atoms with E-state index in [9.17, 15) is 9.59 Å². The van der Waals surface area contributed by atoms with Crippen molar-refractivity contribution >= 4 is 40.0 Å². The number of rotatable bonds is 3. The standard InChI is InChI=1S/C10H10INO2/c1-7(13)5-10(14)12-9-4-2-3-8(11)6-9/h2-4,6H,5H2,1H3,(H,12,14). The van der Waals surface area contributed by atoms with Crippen LogP contribution in [0.5, 0.6) is 0 Å². The molecule has 0 saturated carbocycles. The Morgan fingerprint density at radius 3 is 2.71 bits per heavy atom. The van der Waals surface area contributed by atoms with Crippen LogP contribution < -0.4 is 5.32 Å². The zero-order chi connectivity index (χ0) is 10.6. The van der Waals surface area contributed by atoms with Crippen molar-refractivity contribution in [2.45, 2.75) is 13.3 Å². The molecule has 74 valence electrons. The molecule has 0 spiro atoms. The van der Waals surface area contributed by atoms with Gasteiger partial charge in [0.2, 0.25) is 5.91 Å². The molecule has 0 atom stereocenters. The van der Waals surface area contributed by atoms with Gasteiger partial charge in [-0.05, 0) is 47.7 Å². The summed E-state index contributed by atoms with van der Waals surface area (Å²) in [5, 5.41) is 2.65. The number of amides is 1. The van der Waals surface area contributed by atoms with Gasteiger partial charge in [-0.1, -0.05) is 6.07 Å². The molecule has 0 fully saturated rings. The molecule has 0 unspecified atom stereocenters. The Labute approximate surface area is 96.0 Å². The largest absolute Gasteiger partial charge is 0.326 e. The Kier molecular flexibility index (Phi) is 4.06. The number of nitrogens with one attached hydrogen (secondary N) is 1. The molecule has 0 aromatic heterocycles. The lowest BCUT2D eigenvalue weighted by Gasteiger charge is -2.03. The highest BCUT2D eigenvalue weighted by Crippen LogP contribution is 2.12. The average molecular weight is 303 g/mol. The minimum Gasteiger partial charge on any atom is -0.326 e. The smallest absolute Gasteiger partial charge is 0.231 e. The van der Waals surface area contributed by atoms with Gasteiger partial charge in [0.1, 0.15) is 5.78 Å². The maximum atomic E-state index is 11.2. The fourth-order valence-electron chi connectivity index (χ4n) is 0.998. The van der Waals surface area contributed by atoms with Crippen molar-refractivity contribution in [1.82, 2.24) is 0 Å². The highest BCUT2D eigenvalue weighted by molar-refractivity contribution is 14.1. The Hall–Kier alpha value is -0.910. The Morgan fingerprint density at radius 2 is 2.14 bits per heavy atom. The van der Waals surface area contributed by atoms with Gasteiger partial charge in [-0.2, -0.15) is 0 Å². The number of Topliss-reactive ketones (excluding diaryl/α,β-unsaturated/α-hetero) is 1. The van der Waals surface area contributed by atoms with Crippen molar-refractivity contribution in [3.8, 4) is 0 Å². The number of ketones is 1. The monoisotopic (exact) mass is 303 g/mol. The SMILES string of the molecule is CC(=O)CC(=O)Nc1cccc(I)c1. The summed E-state index contributed by atoms with van der Waals surface area (Å²) in [5.41, 5.74) is 0.725. The second-order valence-electron chi connectivity index (χ2n) is 2.94. The summed E-state index contributed by atoms with van der Waals surface area (Å²) in [5.74, 6) is -0.396. The zero-order valence-electron chi connectivity index (χ0n) is 7.71. The molecule has 0 aliphatic rings. The fraction of sp³-hybridized carbons (Fsp3) is 0.200. The topological polar surface area (TPSA) is 46.2 Å². The van der Waals surface area contributed by atoms with E-state index in [1.807, 2.05) is 18.2 Å². The van der Waals surface area contributed by atoms with Crippen molar-refractivity contribution < 1.29 is 9.59 Å². The molecule has 1 aromatic carbocycles. The van der Waals surface area contributed by atoms with Crippen LogP contribution in [-0.2, 0) is 9.59 Å². The molecular weight excluding hydrogens is 293 g/mol. The molecule has 0 radical (unpaired) electrons. The molecule has 0 aliphatic heterocycles. The van der Waals surface area contributed by atoms with Crippen LogP contribution in [0.2, 0.25) is 0 Å². The summed E-state index contributed by atoms with van der Waals surface area (Å²) in [7, 11) is 0. The fourth-order valence-corrected chi connectivity index (χ4v) is 1.54. The van der Waals surface area contributed by atoms with Crippen molar-refractivity contribution in [3.63, 3.8) is 0 Å². The lowest BCUT2D eigenvalue weighted by molar-refractivity contribution is -0.124. The van der Waals surface area contributed by atoms with Gasteiger partial charge in [0.05, 0.1) is 6.42 Å². The van der Waals surface area contributed by atoms with E-state index in [-0.39, 0.29) is 18.1 Å². The number of carbonyl (C=O) groups excluding carboxylic acids is 2. The van der Waals surface area contributed by atoms with E-state index in [0.717, 1.165) is 9.26 Å². The maximum absolute atomic E-state index is 11.2. The number of hydrogen-bond acceptors (Lipinski definition) is 2. The average Bonchev–Trinajstić information content (AvgIpc) is 2.01. The summed E-state index contributed by atoms with van der Waals surface area (Å²) in [6.07, 6.45) is -0.0640. The molecule has 0 heterocycles. The molecule has 0 aliphatic carbocycles. The van der Waals surface area contributed by atoms with Crippen LogP contribution >= 0.6 is 22.6 Å². The van der Waals surface area contributed by atoms with Crippen LogP contribution in [0.1, 0.15) is 13.3 Å². The second kappa shape index (κ2) is 5.09. The van der Waals surface area contributed by atoms with Crippen LogP contribution in [0.3, 0.4) is 0 Å². The molecule has 1 amide bonds. The molecule has 1 N–H and O–H groups in total. The van der Waals surface area contributed by atoms with Crippen molar-refractivity contribution in [1.29, 1.82) is 0 Å². The van der Waals surface area contributed by atoms with Gasteiger partial charge in [0, 0.05) is 9.26 Å². The van der Waals surface area contributed by atoms with Gasteiger partial charge in [-0.15, -0.1) is 0 Å². The first-order chi connectivity index (χ1) is 6.58. The number of halogens is 1. The van der Waals surface area contributed by atoms with Crippen molar-refractivity contribution in [3.05, 3.63) is 27.8 Å². The summed E-state index contributed by atoms with van der Waals surface area (Å²) in [6.45, 7) is 1.40. The molecular formula is C10H10INO2. The second-order valence-corrected chi connectivity index (χ2v) is 4.18. The minimum atomic E-state index is -0.264. The molecule has 0 bridgehead atoms. The third kappa shape index (κ3) is 3.87. The van der Waals surface area contributed by atoms with E-state index in [1.54, 1.807) is 6.07 Å². The molecule has 14 heavy (non-hydrogen) atoms. The number of benzene rings is 1. The van der Waals surface area contributed by atoms with Gasteiger partial charge >= 0.3 is 0 Å². The zero-order valence-corrected chi connectivity index (χ0v) is 9.87. The van der Waals surface area contributed by atoms with Gasteiger partial charge in [-0.3, -0.25) is 9.59 Å². The summed E-state index contributed by atoms with van der Waals surface area (Å²) >= 11 is 2.16. The third-order valence-electron chi connectivity index (χ3n) is 1.52. The van der Waals surface area contributed by atoms with Crippen molar-refractivity contribution in [2.24, 2.45) is 0 Å². The number of carbonyl (C=O) groups is 2. The number of anilines is 1. The van der Waals surface area contributed by atoms with Gasteiger partial charge < -0.3 is 5.32 Å². The summed E-state index contributed by atoms with van der Waals surface area (Å²) < 4.78 is 1.04. The number of hydrogen-bond donors (Lipinski definition) is 1. The molecule has 1 aromatic rings. The lowest BCUT2D eigenvalue weighted by atomic mass is 10.2. The Morgan fingerprint density at radius 1 is 1.43 bits per heavy atom. The highest BCUT2D eigenvalue weighted by atomic mass is 127. The Balaban J connectivity index is 2.60. The highest BCUT2D eigenvalue weighted by Gasteiger charge is 2.04. The summed E-state index contributed by atoms with van der Waals surface area (Å²) in [4.78, 5) is 21.8. The van der Waals surface area contributed by atoms with E-state index in [2.05, 4.69) is 27.9 Å². The van der Waals surface area contributed by atoms with E-state index in [0.29, 0.717) is 0 Å². The predicted octanol–water partition coefficient (Wildman–Crippen LogP) is 2.21. The first kappa shape index (κ1) is 11.2. The van der Waals surface area contributed by atoms with Crippen LogP contribution in [0.25, 0.3) is 0 Å². The normalized spacial score (nSPS) is 9.57. The van der Waals surface area contributed by atoms with Gasteiger partial charge in [0.25, 0.3) is 0 Å². The molecule has 1 rings (SSSR count). The maximum Gasteiger partial charge on any atom is 0.231 e. The van der Waals surface area contributed by atoms with Crippen LogP contribution in [0.15, 0.2) is 24.3 Å². The van der Waals surface area contributed by atoms with Crippen LogP contribution in [0, 0.1) is 3.57 Å². The molecule has 3 nitrogen and oxygen atoms in total. The first-order valence-electron chi connectivity index (χ1n) is 4.13. The first-order valence-corrected chi connectivity index (χ1v) is 5.20. The predicted molar refractivity (Wildman–Crippen MR) is 63.1 cm³/mol. The van der Waals surface area contributed by atoms with E-state index >= 15 is 0 Å². The quantitative estimate of drug-likeness (QED) is 0.687. The minimum absolute atomic E-state index is 0.0640. The van der Waals surface area contributed by atoms with Gasteiger partial charge in [-0.25, -0.2) is 0 Å². The third-order valence-corrected chi connectivity index (χ3v) is 2.19. The lowest BCUT2D eigenvalue weighted by Crippen LogP contribution is -2.14. The van der Waals surface area contributed by atoms with Crippen LogP contribution in [0.4, 0.5) is 5.69 Å². The van der Waals surface area contributed by atoms with Crippen molar-refractivity contribution in [2.75, 3.05) is 5.32 Å². The Bertz CT molecular complexity index is 363. The van der Waals surface area contributed by atoms with E-state index in [4.69, 9.17) is 0 Å². The molecule has 4 heteroatoms.